The molecule has 19 heavy (non-hydrogen) atoms. The van der Waals surface area contributed by atoms with E-state index in [-0.39, 0.29) is 5.91 Å². The van der Waals surface area contributed by atoms with Gasteiger partial charge in [-0.15, -0.1) is 21.5 Å². The molecule has 6 nitrogen and oxygen atoms in total. The Kier molecular flexibility index (Phi) is 3.26. The van der Waals surface area contributed by atoms with Gasteiger partial charge in [-0.3, -0.25) is 9.20 Å². The molecule has 0 spiro atoms. The van der Waals surface area contributed by atoms with Gasteiger partial charge in [-0.05, 0) is 6.42 Å². The van der Waals surface area contributed by atoms with Gasteiger partial charge in [0.25, 0.3) is 5.91 Å². The summed E-state index contributed by atoms with van der Waals surface area (Å²) in [5.41, 5.74) is 0.423. The monoisotopic (exact) mass is 293 g/mol. The quantitative estimate of drug-likeness (QED) is 0.795. The first-order valence-corrected chi connectivity index (χ1v) is 7.47. The van der Waals surface area contributed by atoms with E-state index in [4.69, 9.17) is 0 Å². The number of thiazole rings is 1. The molecule has 0 radical (unpaired) electrons. The van der Waals surface area contributed by atoms with Crippen molar-refractivity contribution in [3.63, 3.8) is 0 Å². The number of rotatable bonds is 4. The molecule has 0 saturated heterocycles. The fraction of sp³-hybridized carbons (Fsp3) is 0.273. The molecule has 0 aromatic carbocycles. The summed E-state index contributed by atoms with van der Waals surface area (Å²) in [6, 6.07) is 0. The molecular weight excluding hydrogens is 282 g/mol. The highest BCUT2D eigenvalue weighted by molar-refractivity contribution is 7.15. The van der Waals surface area contributed by atoms with Crippen molar-refractivity contribution in [3.8, 4) is 0 Å². The number of imidazole rings is 1. The summed E-state index contributed by atoms with van der Waals surface area (Å²) in [5.74, 6) is -0.191. The lowest BCUT2D eigenvalue weighted by atomic mass is 10.4. The van der Waals surface area contributed by atoms with Crippen molar-refractivity contribution in [1.82, 2.24) is 24.9 Å². The second-order valence-electron chi connectivity index (χ2n) is 3.84. The molecule has 1 N–H and O–H groups in total. The zero-order chi connectivity index (χ0) is 13.2. The number of nitrogens with one attached hydrogen (secondary N) is 1. The molecule has 0 aliphatic rings. The first-order chi connectivity index (χ1) is 9.26. The van der Waals surface area contributed by atoms with E-state index in [2.05, 4.69) is 20.5 Å². The molecule has 0 aliphatic heterocycles. The van der Waals surface area contributed by atoms with Crippen molar-refractivity contribution < 1.29 is 4.79 Å². The minimum Gasteiger partial charge on any atom is -0.344 e. The molecule has 1 amide bonds. The Morgan fingerprint density at radius 2 is 2.26 bits per heavy atom. The second-order valence-corrected chi connectivity index (χ2v) is 5.86. The highest BCUT2D eigenvalue weighted by Gasteiger charge is 2.12. The fourth-order valence-electron chi connectivity index (χ4n) is 1.59. The van der Waals surface area contributed by atoms with Gasteiger partial charge in [0.2, 0.25) is 0 Å². The summed E-state index contributed by atoms with van der Waals surface area (Å²) >= 11 is 3.01. The predicted octanol–water partition coefficient (Wildman–Crippen LogP) is 1.74. The summed E-state index contributed by atoms with van der Waals surface area (Å²) < 4.78 is 1.83. The number of nitrogens with zero attached hydrogens (tertiary/aromatic N) is 4. The predicted molar refractivity (Wildman–Crippen MR) is 73.5 cm³/mol. The lowest BCUT2D eigenvalue weighted by molar-refractivity contribution is 0.0946. The maximum absolute atomic E-state index is 11.9. The number of fused-ring (bicyclic) bond motifs is 1. The number of aromatic nitrogens is 4. The third-order valence-electron chi connectivity index (χ3n) is 2.54. The molecular formula is C11H11N5OS2. The van der Waals surface area contributed by atoms with Crippen molar-refractivity contribution in [3.05, 3.63) is 33.5 Å². The Morgan fingerprint density at radius 3 is 3.00 bits per heavy atom. The normalized spacial score (nSPS) is 11.0. The van der Waals surface area contributed by atoms with Crippen LogP contribution in [0.25, 0.3) is 4.96 Å². The molecule has 98 valence electrons. The number of hydrogen-bond donors (Lipinski definition) is 1. The molecule has 3 rings (SSSR count). The van der Waals surface area contributed by atoms with Crippen LogP contribution in [0.4, 0.5) is 0 Å². The van der Waals surface area contributed by atoms with Gasteiger partial charge in [0, 0.05) is 17.8 Å². The lowest BCUT2D eigenvalue weighted by Crippen LogP contribution is -2.23. The molecule has 0 unspecified atom stereocenters. The number of amides is 1. The average Bonchev–Trinajstić information content (AvgIpc) is 3.10. The van der Waals surface area contributed by atoms with Crippen LogP contribution in [0.15, 0.2) is 17.8 Å². The summed E-state index contributed by atoms with van der Waals surface area (Å²) in [7, 11) is 0. The first kappa shape index (κ1) is 12.2. The van der Waals surface area contributed by atoms with E-state index >= 15 is 0 Å². The van der Waals surface area contributed by atoms with Crippen LogP contribution in [0, 0.1) is 0 Å². The summed E-state index contributed by atoms with van der Waals surface area (Å²) in [5, 5.41) is 14.5. The van der Waals surface area contributed by atoms with Crippen LogP contribution in [0.2, 0.25) is 0 Å². The Hall–Kier alpha value is -1.80. The third kappa shape index (κ3) is 2.49. The smallest absolute Gasteiger partial charge is 0.271 e. The standard InChI is InChI=1S/C11H11N5OS2/c1-2-8-14-15-9(19-8)5-12-10(17)7-6-16-3-4-18-11(16)13-7/h3-4,6H,2,5H2,1H3,(H,12,17). The SMILES string of the molecule is CCc1nnc(CNC(=O)c2cn3ccsc3n2)s1. The van der Waals surface area contributed by atoms with Crippen LogP contribution in [-0.2, 0) is 13.0 Å². The maximum atomic E-state index is 11.9. The van der Waals surface area contributed by atoms with Crippen molar-refractivity contribution >= 4 is 33.5 Å². The van der Waals surface area contributed by atoms with Gasteiger partial charge in [0.15, 0.2) is 4.96 Å². The average molecular weight is 293 g/mol. The van der Waals surface area contributed by atoms with Crippen LogP contribution in [0.1, 0.15) is 27.4 Å². The van der Waals surface area contributed by atoms with Gasteiger partial charge in [-0.25, -0.2) is 4.98 Å². The van der Waals surface area contributed by atoms with Crippen molar-refractivity contribution in [2.75, 3.05) is 0 Å². The molecule has 0 aliphatic carbocycles. The van der Waals surface area contributed by atoms with Gasteiger partial charge in [0.05, 0.1) is 6.54 Å². The molecule has 0 atom stereocenters. The molecule has 0 saturated carbocycles. The largest absolute Gasteiger partial charge is 0.344 e. The van der Waals surface area contributed by atoms with E-state index in [1.807, 2.05) is 22.9 Å². The molecule has 0 fully saturated rings. The van der Waals surface area contributed by atoms with Crippen LogP contribution in [-0.4, -0.2) is 25.5 Å². The third-order valence-corrected chi connectivity index (χ3v) is 4.38. The molecule has 3 heterocycles. The Labute approximate surface area is 117 Å². The van der Waals surface area contributed by atoms with E-state index in [0.717, 1.165) is 21.4 Å². The van der Waals surface area contributed by atoms with Crippen LogP contribution in [0.5, 0.6) is 0 Å². The van der Waals surface area contributed by atoms with Gasteiger partial charge in [-0.2, -0.15) is 0 Å². The summed E-state index contributed by atoms with van der Waals surface area (Å²) in [6.07, 6.45) is 4.46. The van der Waals surface area contributed by atoms with Crippen LogP contribution in [0.3, 0.4) is 0 Å². The van der Waals surface area contributed by atoms with E-state index in [0.29, 0.717) is 12.2 Å². The Morgan fingerprint density at radius 1 is 1.42 bits per heavy atom. The molecule has 0 bridgehead atoms. The van der Waals surface area contributed by atoms with E-state index in [9.17, 15) is 4.79 Å². The summed E-state index contributed by atoms with van der Waals surface area (Å²) in [4.78, 5) is 17.0. The number of aryl methyl sites for hydroxylation is 1. The number of carbonyl (C=O) groups excluding carboxylic acids is 1. The summed E-state index contributed by atoms with van der Waals surface area (Å²) in [6.45, 7) is 2.42. The fourth-order valence-corrected chi connectivity index (χ4v) is 3.01. The Balaban J connectivity index is 1.66. The minimum atomic E-state index is -0.191. The minimum absolute atomic E-state index is 0.191. The zero-order valence-corrected chi connectivity index (χ0v) is 11.8. The van der Waals surface area contributed by atoms with E-state index < -0.39 is 0 Å². The zero-order valence-electron chi connectivity index (χ0n) is 10.2. The number of hydrogen-bond acceptors (Lipinski definition) is 6. The van der Waals surface area contributed by atoms with Crippen molar-refractivity contribution in [1.29, 1.82) is 0 Å². The molecule has 3 aromatic heterocycles. The second kappa shape index (κ2) is 5.06. The highest BCUT2D eigenvalue weighted by Crippen LogP contribution is 2.12. The van der Waals surface area contributed by atoms with Gasteiger partial charge in [-0.1, -0.05) is 18.3 Å². The van der Waals surface area contributed by atoms with E-state index in [1.165, 1.54) is 22.7 Å². The molecule has 8 heteroatoms. The number of carbonyl (C=O) groups is 1. The lowest BCUT2D eigenvalue weighted by Gasteiger charge is -1.98. The van der Waals surface area contributed by atoms with Gasteiger partial charge in [0.1, 0.15) is 15.7 Å². The van der Waals surface area contributed by atoms with Crippen molar-refractivity contribution in [2.45, 2.75) is 19.9 Å². The van der Waals surface area contributed by atoms with Crippen LogP contribution >= 0.6 is 22.7 Å². The van der Waals surface area contributed by atoms with Gasteiger partial charge < -0.3 is 5.32 Å². The first-order valence-electron chi connectivity index (χ1n) is 5.78. The highest BCUT2D eigenvalue weighted by atomic mass is 32.1. The maximum Gasteiger partial charge on any atom is 0.271 e. The Bertz CT molecular complexity index is 685. The molecule has 3 aromatic rings. The van der Waals surface area contributed by atoms with E-state index in [1.54, 1.807) is 6.20 Å². The van der Waals surface area contributed by atoms with Gasteiger partial charge >= 0.3 is 0 Å². The van der Waals surface area contributed by atoms with Crippen LogP contribution < -0.4 is 5.32 Å². The topological polar surface area (TPSA) is 72.2 Å². The van der Waals surface area contributed by atoms with Crippen molar-refractivity contribution in [2.24, 2.45) is 0 Å².